The van der Waals surface area contributed by atoms with E-state index in [4.69, 9.17) is 10.2 Å². The second kappa shape index (κ2) is 5.16. The van der Waals surface area contributed by atoms with Crippen molar-refractivity contribution in [2.45, 2.75) is 19.6 Å². The summed E-state index contributed by atoms with van der Waals surface area (Å²) in [6.07, 6.45) is 5.61. The Labute approximate surface area is 101 Å². The molecule has 0 aliphatic carbocycles. The first-order chi connectivity index (χ1) is 8.17. The second-order valence-electron chi connectivity index (χ2n) is 4.32. The number of aromatic nitrogens is 2. The average molecular weight is 234 g/mol. The average Bonchev–Trinajstić information content (AvgIpc) is 2.88. The van der Waals surface area contributed by atoms with Gasteiger partial charge < -0.3 is 10.2 Å². The van der Waals surface area contributed by atoms with Crippen molar-refractivity contribution < 1.29 is 4.42 Å². The van der Waals surface area contributed by atoms with Crippen LogP contribution in [0.5, 0.6) is 0 Å². The van der Waals surface area contributed by atoms with E-state index >= 15 is 0 Å². The SMILES string of the molecule is CN(Cc1cnn(C)c1)Cc1cc(CN)co1. The summed E-state index contributed by atoms with van der Waals surface area (Å²) in [5.74, 6) is 0.942. The molecule has 0 radical (unpaired) electrons. The van der Waals surface area contributed by atoms with Gasteiger partial charge in [0.2, 0.25) is 0 Å². The lowest BCUT2D eigenvalue weighted by atomic mass is 10.3. The Bertz CT molecular complexity index is 474. The Kier molecular flexibility index (Phi) is 3.61. The topological polar surface area (TPSA) is 60.2 Å². The first kappa shape index (κ1) is 11.9. The highest BCUT2D eigenvalue weighted by Gasteiger charge is 2.06. The number of furan rings is 1. The van der Waals surface area contributed by atoms with E-state index in [1.54, 1.807) is 6.26 Å². The number of nitrogens with two attached hydrogens (primary N) is 1. The third kappa shape index (κ3) is 3.18. The number of nitrogens with zero attached hydrogens (tertiary/aromatic N) is 3. The number of rotatable bonds is 5. The zero-order chi connectivity index (χ0) is 12.3. The maximum absolute atomic E-state index is 5.54. The lowest BCUT2D eigenvalue weighted by Gasteiger charge is -2.13. The molecule has 17 heavy (non-hydrogen) atoms. The quantitative estimate of drug-likeness (QED) is 0.841. The van der Waals surface area contributed by atoms with Crippen LogP contribution in [0.1, 0.15) is 16.9 Å². The van der Waals surface area contributed by atoms with Crippen molar-refractivity contribution in [1.29, 1.82) is 0 Å². The molecule has 2 heterocycles. The molecule has 2 aromatic heterocycles. The van der Waals surface area contributed by atoms with E-state index in [0.29, 0.717) is 6.54 Å². The summed E-state index contributed by atoms with van der Waals surface area (Å²) in [6, 6.07) is 2.00. The van der Waals surface area contributed by atoms with E-state index in [9.17, 15) is 0 Å². The maximum Gasteiger partial charge on any atom is 0.118 e. The minimum Gasteiger partial charge on any atom is -0.468 e. The molecule has 0 aliphatic rings. The maximum atomic E-state index is 5.54. The zero-order valence-electron chi connectivity index (χ0n) is 10.3. The summed E-state index contributed by atoms with van der Waals surface area (Å²) in [5, 5.41) is 4.14. The molecule has 2 N–H and O–H groups in total. The fraction of sp³-hybridized carbons (Fsp3) is 0.417. The molecule has 2 rings (SSSR count). The fourth-order valence-electron chi connectivity index (χ4n) is 1.80. The van der Waals surface area contributed by atoms with Gasteiger partial charge >= 0.3 is 0 Å². The molecule has 92 valence electrons. The van der Waals surface area contributed by atoms with Gasteiger partial charge in [-0.15, -0.1) is 0 Å². The molecule has 0 aliphatic heterocycles. The molecular weight excluding hydrogens is 216 g/mol. The number of hydrogen-bond donors (Lipinski definition) is 1. The van der Waals surface area contributed by atoms with Gasteiger partial charge in [0, 0.05) is 37.5 Å². The lowest BCUT2D eigenvalue weighted by molar-refractivity contribution is 0.288. The van der Waals surface area contributed by atoms with Crippen molar-refractivity contribution >= 4 is 0 Å². The highest BCUT2D eigenvalue weighted by Crippen LogP contribution is 2.11. The fourth-order valence-corrected chi connectivity index (χ4v) is 1.80. The van der Waals surface area contributed by atoms with Gasteiger partial charge in [0.1, 0.15) is 5.76 Å². The van der Waals surface area contributed by atoms with Gasteiger partial charge in [-0.05, 0) is 13.1 Å². The van der Waals surface area contributed by atoms with E-state index in [1.807, 2.05) is 30.2 Å². The summed E-state index contributed by atoms with van der Waals surface area (Å²) in [6.45, 7) is 2.15. The summed E-state index contributed by atoms with van der Waals surface area (Å²) in [4.78, 5) is 2.18. The Morgan fingerprint density at radius 2 is 2.24 bits per heavy atom. The molecule has 0 amide bonds. The van der Waals surface area contributed by atoms with E-state index in [2.05, 4.69) is 17.0 Å². The van der Waals surface area contributed by atoms with Crippen molar-refractivity contribution in [3.8, 4) is 0 Å². The molecule has 5 heteroatoms. The standard InChI is InChI=1S/C12H18N4O/c1-15(6-11-5-14-16(2)7-11)8-12-3-10(4-13)9-17-12/h3,5,7,9H,4,6,8,13H2,1-2H3. The van der Waals surface area contributed by atoms with E-state index < -0.39 is 0 Å². The predicted octanol–water partition coefficient (Wildman–Crippen LogP) is 1.10. The van der Waals surface area contributed by atoms with Crippen LogP contribution in [0.3, 0.4) is 0 Å². The molecule has 0 saturated carbocycles. The molecule has 0 saturated heterocycles. The van der Waals surface area contributed by atoms with Gasteiger partial charge in [-0.2, -0.15) is 5.10 Å². The van der Waals surface area contributed by atoms with Gasteiger partial charge in [0.05, 0.1) is 19.0 Å². The normalized spacial score (nSPS) is 11.3. The molecular formula is C12H18N4O. The highest BCUT2D eigenvalue weighted by atomic mass is 16.3. The Balaban J connectivity index is 1.90. The third-order valence-corrected chi connectivity index (χ3v) is 2.58. The molecule has 5 nitrogen and oxygen atoms in total. The molecule has 2 aromatic rings. The minimum atomic E-state index is 0.524. The molecule has 0 bridgehead atoms. The highest BCUT2D eigenvalue weighted by molar-refractivity contribution is 5.12. The van der Waals surface area contributed by atoms with Crippen LogP contribution >= 0.6 is 0 Å². The van der Waals surface area contributed by atoms with Crippen molar-refractivity contribution in [1.82, 2.24) is 14.7 Å². The smallest absolute Gasteiger partial charge is 0.118 e. The van der Waals surface area contributed by atoms with E-state index in [-0.39, 0.29) is 0 Å². The van der Waals surface area contributed by atoms with Gasteiger partial charge in [0.25, 0.3) is 0 Å². The summed E-state index contributed by atoms with van der Waals surface area (Å²) in [5.41, 5.74) is 7.77. The van der Waals surface area contributed by atoms with Gasteiger partial charge in [-0.1, -0.05) is 0 Å². The Hall–Kier alpha value is -1.59. The first-order valence-corrected chi connectivity index (χ1v) is 5.60. The molecule has 0 fully saturated rings. The van der Waals surface area contributed by atoms with Crippen LogP contribution < -0.4 is 5.73 Å². The van der Waals surface area contributed by atoms with Crippen molar-refractivity contribution in [3.63, 3.8) is 0 Å². The van der Waals surface area contributed by atoms with Crippen LogP contribution in [0, 0.1) is 0 Å². The van der Waals surface area contributed by atoms with Gasteiger partial charge in [-0.25, -0.2) is 0 Å². The number of hydrogen-bond acceptors (Lipinski definition) is 4. The van der Waals surface area contributed by atoms with Crippen LogP contribution in [-0.2, 0) is 26.7 Å². The minimum absolute atomic E-state index is 0.524. The third-order valence-electron chi connectivity index (χ3n) is 2.58. The van der Waals surface area contributed by atoms with Crippen molar-refractivity contribution in [3.05, 3.63) is 41.6 Å². The predicted molar refractivity (Wildman–Crippen MR) is 65.0 cm³/mol. The Morgan fingerprint density at radius 3 is 2.82 bits per heavy atom. The van der Waals surface area contributed by atoms with Crippen LogP contribution in [0.4, 0.5) is 0 Å². The van der Waals surface area contributed by atoms with Gasteiger partial charge in [0.15, 0.2) is 0 Å². The molecule has 0 atom stereocenters. The van der Waals surface area contributed by atoms with Crippen LogP contribution in [0.2, 0.25) is 0 Å². The van der Waals surface area contributed by atoms with E-state index in [1.165, 1.54) is 5.56 Å². The van der Waals surface area contributed by atoms with Gasteiger partial charge in [-0.3, -0.25) is 9.58 Å². The number of aryl methyl sites for hydroxylation is 1. The Morgan fingerprint density at radius 1 is 1.41 bits per heavy atom. The van der Waals surface area contributed by atoms with Crippen LogP contribution in [0.15, 0.2) is 29.1 Å². The van der Waals surface area contributed by atoms with Crippen LogP contribution in [0.25, 0.3) is 0 Å². The summed E-state index contributed by atoms with van der Waals surface area (Å²) < 4.78 is 7.23. The largest absolute Gasteiger partial charge is 0.468 e. The summed E-state index contributed by atoms with van der Waals surface area (Å²) in [7, 11) is 3.97. The second-order valence-corrected chi connectivity index (χ2v) is 4.32. The lowest BCUT2D eigenvalue weighted by Crippen LogP contribution is -2.16. The molecule has 0 unspecified atom stereocenters. The van der Waals surface area contributed by atoms with E-state index in [0.717, 1.165) is 24.4 Å². The monoisotopic (exact) mass is 234 g/mol. The first-order valence-electron chi connectivity index (χ1n) is 5.60. The van der Waals surface area contributed by atoms with Crippen molar-refractivity contribution in [2.75, 3.05) is 7.05 Å². The summed E-state index contributed by atoms with van der Waals surface area (Å²) >= 11 is 0. The molecule has 0 spiro atoms. The zero-order valence-corrected chi connectivity index (χ0v) is 10.3. The van der Waals surface area contributed by atoms with Crippen LogP contribution in [-0.4, -0.2) is 21.7 Å². The molecule has 0 aromatic carbocycles. The van der Waals surface area contributed by atoms with Crippen molar-refractivity contribution in [2.24, 2.45) is 12.8 Å².